The minimum atomic E-state index is -0.744. The highest BCUT2D eigenvalue weighted by Gasteiger charge is 2.41. The predicted octanol–water partition coefficient (Wildman–Crippen LogP) is 3.41. The fourth-order valence-electron chi connectivity index (χ4n) is 2.52. The molecule has 3 rings (SSSR count). The number of imide groups is 1. The smallest absolute Gasteiger partial charge is 0.247 e. The maximum Gasteiger partial charge on any atom is 0.247 e. The topological polar surface area (TPSA) is 108 Å². The second kappa shape index (κ2) is 8.64. The molecule has 0 aromatic heterocycles. The second-order valence-electron chi connectivity index (χ2n) is 5.72. The number of carbonyl (C=O) groups excluding carboxylic acids is 2. The van der Waals surface area contributed by atoms with Crippen molar-refractivity contribution in [3.8, 4) is 5.75 Å². The Bertz CT molecular complexity index is 997. The molecule has 1 atom stereocenters. The number of nitrogens with two attached hydrogens (primary N) is 1. The summed E-state index contributed by atoms with van der Waals surface area (Å²) in [5, 5.41) is 17.1. The Morgan fingerprint density at radius 2 is 2.00 bits per heavy atom. The van der Waals surface area contributed by atoms with Crippen molar-refractivity contribution < 1.29 is 14.7 Å². The zero-order chi connectivity index (χ0) is 20.3. The predicted molar refractivity (Wildman–Crippen MR) is 112 cm³/mol. The molecule has 1 fully saturated rings. The average Bonchev–Trinajstić information content (AvgIpc) is 2.92. The molecule has 1 unspecified atom stereocenters. The summed E-state index contributed by atoms with van der Waals surface area (Å²) >= 11 is 13.0. The number of halogens is 2. The summed E-state index contributed by atoms with van der Waals surface area (Å²) in [7, 11) is 0. The Balaban J connectivity index is 1.71. The first kappa shape index (κ1) is 20.2. The molecular formula is C18H14Cl2N4O3S. The molecule has 0 radical (unpaired) electrons. The highest BCUT2D eigenvalue weighted by atomic mass is 35.5. The number of rotatable bonds is 4. The number of phenols is 1. The van der Waals surface area contributed by atoms with Crippen LogP contribution in [-0.4, -0.2) is 33.6 Å². The van der Waals surface area contributed by atoms with Gasteiger partial charge in [-0.05, 0) is 30.3 Å². The molecule has 1 saturated heterocycles. The second-order valence-corrected chi connectivity index (χ2v) is 7.78. The largest absolute Gasteiger partial charge is 0.507 e. The fraction of sp³-hybridized carbons (Fsp3) is 0.111. The summed E-state index contributed by atoms with van der Waals surface area (Å²) in [6, 6.07) is 11.1. The highest BCUT2D eigenvalue weighted by molar-refractivity contribution is 8.14. The Morgan fingerprint density at radius 3 is 2.75 bits per heavy atom. The lowest BCUT2D eigenvalue weighted by atomic mass is 10.2. The van der Waals surface area contributed by atoms with E-state index in [9.17, 15) is 14.7 Å². The van der Waals surface area contributed by atoms with Gasteiger partial charge in [0.25, 0.3) is 0 Å². The van der Waals surface area contributed by atoms with Gasteiger partial charge in [0, 0.05) is 17.0 Å². The summed E-state index contributed by atoms with van der Waals surface area (Å²) in [6.07, 6.45) is 1.29. The van der Waals surface area contributed by atoms with Crippen LogP contribution in [0.15, 0.2) is 52.7 Å². The molecule has 0 bridgehead atoms. The number of phenolic OH excluding ortho intramolecular Hbond substituents is 1. The van der Waals surface area contributed by atoms with Gasteiger partial charge >= 0.3 is 0 Å². The van der Waals surface area contributed by atoms with Crippen molar-refractivity contribution in [2.24, 2.45) is 15.9 Å². The first-order valence-corrected chi connectivity index (χ1v) is 9.63. The van der Waals surface area contributed by atoms with Gasteiger partial charge < -0.3 is 10.8 Å². The molecule has 2 aromatic carbocycles. The van der Waals surface area contributed by atoms with Gasteiger partial charge in [-0.25, -0.2) is 4.90 Å². The lowest BCUT2D eigenvalue weighted by Crippen LogP contribution is -2.32. The molecule has 1 aliphatic heterocycles. The average molecular weight is 437 g/mol. The van der Waals surface area contributed by atoms with Gasteiger partial charge in [-0.1, -0.05) is 47.1 Å². The van der Waals surface area contributed by atoms with Crippen LogP contribution in [0.5, 0.6) is 5.75 Å². The summed E-state index contributed by atoms with van der Waals surface area (Å²) in [4.78, 5) is 26.0. The number of amidine groups is 1. The van der Waals surface area contributed by atoms with E-state index in [1.807, 2.05) is 0 Å². The maximum atomic E-state index is 12.7. The van der Waals surface area contributed by atoms with Gasteiger partial charge in [-0.15, -0.1) is 5.10 Å². The molecular weight excluding hydrogens is 423 g/mol. The van der Waals surface area contributed by atoms with Gasteiger partial charge in [0.05, 0.1) is 16.9 Å². The molecule has 7 nitrogen and oxygen atoms in total. The minimum absolute atomic E-state index is 0.0110. The zero-order valence-corrected chi connectivity index (χ0v) is 16.6. The molecule has 0 saturated carbocycles. The summed E-state index contributed by atoms with van der Waals surface area (Å²) in [6.45, 7) is 0. The fourth-order valence-corrected chi connectivity index (χ4v) is 3.71. The molecule has 0 spiro atoms. The van der Waals surface area contributed by atoms with Crippen molar-refractivity contribution in [3.05, 3.63) is 58.1 Å². The monoisotopic (exact) mass is 436 g/mol. The van der Waals surface area contributed by atoms with Gasteiger partial charge in [-0.3, -0.25) is 9.59 Å². The third kappa shape index (κ3) is 4.46. The van der Waals surface area contributed by atoms with E-state index in [0.717, 1.165) is 16.7 Å². The number of carbonyl (C=O) groups is 2. The summed E-state index contributed by atoms with van der Waals surface area (Å²) < 4.78 is 0. The third-order valence-corrected chi connectivity index (χ3v) is 5.34. The Kier molecular flexibility index (Phi) is 6.23. The van der Waals surface area contributed by atoms with Crippen LogP contribution >= 0.6 is 35.0 Å². The summed E-state index contributed by atoms with van der Waals surface area (Å²) in [5.41, 5.74) is 6.52. The van der Waals surface area contributed by atoms with E-state index in [4.69, 9.17) is 28.9 Å². The van der Waals surface area contributed by atoms with Crippen LogP contribution in [0.4, 0.5) is 5.69 Å². The van der Waals surface area contributed by atoms with Crippen LogP contribution in [-0.2, 0) is 9.59 Å². The minimum Gasteiger partial charge on any atom is -0.507 e. The molecule has 0 aliphatic carbocycles. The lowest BCUT2D eigenvalue weighted by Gasteiger charge is -2.16. The SMILES string of the molecule is NC(=NN=Cc1ccccc1O)SC1CC(=O)N(c2cc(Cl)ccc2Cl)C1=O. The maximum absolute atomic E-state index is 12.7. The van der Waals surface area contributed by atoms with Crippen molar-refractivity contribution in [1.82, 2.24) is 0 Å². The molecule has 1 aliphatic rings. The van der Waals surface area contributed by atoms with Crippen LogP contribution in [0.1, 0.15) is 12.0 Å². The Hall–Kier alpha value is -2.55. The molecule has 144 valence electrons. The van der Waals surface area contributed by atoms with Crippen LogP contribution in [0.25, 0.3) is 0 Å². The van der Waals surface area contributed by atoms with Gasteiger partial charge in [0.15, 0.2) is 5.17 Å². The van der Waals surface area contributed by atoms with Crippen molar-refractivity contribution in [2.75, 3.05) is 4.90 Å². The third-order valence-electron chi connectivity index (χ3n) is 3.81. The summed E-state index contributed by atoms with van der Waals surface area (Å²) in [5.74, 6) is -0.808. The molecule has 1 heterocycles. The van der Waals surface area contributed by atoms with E-state index in [0.29, 0.717) is 10.6 Å². The number of aromatic hydroxyl groups is 1. The van der Waals surface area contributed by atoms with Crippen LogP contribution in [0, 0.1) is 0 Å². The standard InChI is InChI=1S/C18H14Cl2N4O3S/c19-11-5-6-12(20)13(7-11)24-16(26)8-15(17(24)27)28-18(21)23-22-9-10-3-1-2-4-14(10)25/h1-7,9,15,25H,8H2,(H2,21,23). The number of thioether (sulfide) groups is 1. The van der Waals surface area contributed by atoms with E-state index in [1.54, 1.807) is 24.3 Å². The molecule has 3 N–H and O–H groups in total. The number of hydrogen-bond acceptors (Lipinski definition) is 6. The molecule has 2 amide bonds. The lowest BCUT2D eigenvalue weighted by molar-refractivity contribution is -0.121. The van der Waals surface area contributed by atoms with Crippen molar-refractivity contribution in [2.45, 2.75) is 11.7 Å². The van der Waals surface area contributed by atoms with E-state index >= 15 is 0 Å². The van der Waals surface area contributed by atoms with Crippen LogP contribution < -0.4 is 10.6 Å². The van der Waals surface area contributed by atoms with Crippen molar-refractivity contribution in [1.29, 1.82) is 0 Å². The first-order chi connectivity index (χ1) is 13.4. The molecule has 10 heteroatoms. The van der Waals surface area contributed by atoms with E-state index in [-0.39, 0.29) is 28.0 Å². The number of benzene rings is 2. The Labute approximate surface area is 174 Å². The van der Waals surface area contributed by atoms with E-state index < -0.39 is 17.1 Å². The molecule has 28 heavy (non-hydrogen) atoms. The van der Waals surface area contributed by atoms with Crippen LogP contribution in [0.2, 0.25) is 10.0 Å². The van der Waals surface area contributed by atoms with E-state index in [2.05, 4.69) is 10.2 Å². The quantitative estimate of drug-likeness (QED) is 0.330. The van der Waals surface area contributed by atoms with E-state index in [1.165, 1.54) is 24.4 Å². The number of para-hydroxylation sites is 1. The molecule has 2 aromatic rings. The Morgan fingerprint density at radius 1 is 1.25 bits per heavy atom. The van der Waals surface area contributed by atoms with Crippen LogP contribution in [0.3, 0.4) is 0 Å². The van der Waals surface area contributed by atoms with Gasteiger partial charge in [0.2, 0.25) is 11.8 Å². The normalized spacial score (nSPS) is 17.7. The van der Waals surface area contributed by atoms with Crippen molar-refractivity contribution in [3.63, 3.8) is 0 Å². The van der Waals surface area contributed by atoms with Gasteiger partial charge in [-0.2, -0.15) is 5.10 Å². The number of amides is 2. The number of nitrogens with zero attached hydrogens (tertiary/aromatic N) is 3. The highest BCUT2D eigenvalue weighted by Crippen LogP contribution is 2.35. The zero-order valence-electron chi connectivity index (χ0n) is 14.3. The van der Waals surface area contributed by atoms with Crippen molar-refractivity contribution >= 4 is 63.8 Å². The van der Waals surface area contributed by atoms with Gasteiger partial charge in [0.1, 0.15) is 11.0 Å². The first-order valence-electron chi connectivity index (χ1n) is 8.00. The number of hydrogen-bond donors (Lipinski definition) is 2. The number of anilines is 1.